The minimum atomic E-state index is -1.07. The average molecular weight is 377 g/mol. The largest absolute Gasteiger partial charge is 0.382 e. The van der Waals surface area contributed by atoms with E-state index >= 15 is 0 Å². The summed E-state index contributed by atoms with van der Waals surface area (Å²) in [6, 6.07) is 0. The van der Waals surface area contributed by atoms with Gasteiger partial charge in [0.15, 0.2) is 11.6 Å². The molecule has 0 aromatic carbocycles. The third-order valence-electron chi connectivity index (χ3n) is 10.2. The fourth-order valence-electron chi connectivity index (χ4n) is 8.45. The number of carbonyl (C=O) groups is 1. The fourth-order valence-corrected chi connectivity index (χ4v) is 8.45. The summed E-state index contributed by atoms with van der Waals surface area (Å²) in [5.41, 5.74) is -0.634. The van der Waals surface area contributed by atoms with Crippen LogP contribution in [0.1, 0.15) is 78.6 Å². The Labute approximate surface area is 163 Å². The van der Waals surface area contributed by atoms with E-state index in [0.29, 0.717) is 24.7 Å². The van der Waals surface area contributed by atoms with E-state index in [-0.39, 0.29) is 22.4 Å². The monoisotopic (exact) mass is 376 g/mol. The van der Waals surface area contributed by atoms with Crippen molar-refractivity contribution < 1.29 is 19.4 Å². The van der Waals surface area contributed by atoms with E-state index in [1.54, 1.807) is 6.92 Å². The van der Waals surface area contributed by atoms with E-state index in [1.165, 1.54) is 25.7 Å². The van der Waals surface area contributed by atoms with Crippen LogP contribution in [-0.4, -0.2) is 35.5 Å². The first kappa shape index (κ1) is 18.6. The second-order valence-electron chi connectivity index (χ2n) is 10.9. The number of ketones is 1. The highest BCUT2D eigenvalue weighted by Gasteiger charge is 2.67. The highest BCUT2D eigenvalue weighted by Crippen LogP contribution is 2.69. The van der Waals surface area contributed by atoms with Crippen LogP contribution in [0.5, 0.6) is 0 Å². The van der Waals surface area contributed by atoms with Gasteiger partial charge in [-0.25, -0.2) is 0 Å². The predicted molar refractivity (Wildman–Crippen MR) is 102 cm³/mol. The van der Waals surface area contributed by atoms with E-state index in [9.17, 15) is 9.90 Å². The molecule has 4 saturated carbocycles. The van der Waals surface area contributed by atoms with Crippen LogP contribution in [0.25, 0.3) is 0 Å². The Bertz CT molecular complexity index is 640. The Morgan fingerprint density at radius 1 is 0.926 bits per heavy atom. The molecule has 4 aliphatic carbocycles. The zero-order chi connectivity index (χ0) is 19.1. The molecule has 0 amide bonds. The maximum atomic E-state index is 12.0. The summed E-state index contributed by atoms with van der Waals surface area (Å²) in [5.74, 6) is 2.31. The molecule has 5 aliphatic rings. The number of hydrogen-bond acceptors (Lipinski definition) is 4. The molecule has 1 N–H and O–H groups in total. The van der Waals surface area contributed by atoms with Gasteiger partial charge in [0.05, 0.1) is 13.2 Å². The van der Waals surface area contributed by atoms with Crippen LogP contribution in [-0.2, 0) is 14.3 Å². The Balaban J connectivity index is 1.42. The molecule has 0 aromatic rings. The summed E-state index contributed by atoms with van der Waals surface area (Å²) in [4.78, 5) is 12.0. The normalized spacial score (nSPS) is 53.6. The fraction of sp³-hybridized carbons (Fsp3) is 0.957. The van der Waals surface area contributed by atoms with Crippen molar-refractivity contribution in [3.8, 4) is 0 Å². The molecule has 4 heteroatoms. The second kappa shape index (κ2) is 5.79. The van der Waals surface area contributed by atoms with Gasteiger partial charge in [-0.15, -0.1) is 0 Å². The average Bonchev–Trinajstić information content (AvgIpc) is 3.22. The number of hydrogen-bond donors (Lipinski definition) is 1. The Morgan fingerprint density at radius 3 is 2.33 bits per heavy atom. The first-order valence-electron chi connectivity index (χ1n) is 11.3. The molecule has 0 aromatic heterocycles. The molecule has 152 valence electrons. The van der Waals surface area contributed by atoms with Gasteiger partial charge in [0.1, 0.15) is 5.60 Å². The van der Waals surface area contributed by atoms with E-state index in [4.69, 9.17) is 9.47 Å². The van der Waals surface area contributed by atoms with Crippen molar-refractivity contribution in [2.24, 2.45) is 34.5 Å². The first-order valence-corrected chi connectivity index (χ1v) is 11.3. The quantitative estimate of drug-likeness (QED) is 0.749. The van der Waals surface area contributed by atoms with E-state index in [0.717, 1.165) is 44.3 Å². The summed E-state index contributed by atoms with van der Waals surface area (Å²) in [6.45, 7) is 7.99. The predicted octanol–water partition coefficient (Wildman–Crippen LogP) is 4.09. The zero-order valence-corrected chi connectivity index (χ0v) is 17.3. The third kappa shape index (κ3) is 2.30. The molecule has 5 fully saturated rings. The maximum absolute atomic E-state index is 12.0. The first-order chi connectivity index (χ1) is 12.7. The topological polar surface area (TPSA) is 55.8 Å². The van der Waals surface area contributed by atoms with Gasteiger partial charge in [0.25, 0.3) is 0 Å². The molecule has 1 saturated heterocycles. The number of fused-ring (bicyclic) bond motifs is 6. The number of carbonyl (C=O) groups excluding carboxylic acids is 1. The van der Waals surface area contributed by atoms with Crippen LogP contribution in [0.3, 0.4) is 0 Å². The van der Waals surface area contributed by atoms with Gasteiger partial charge in [0.2, 0.25) is 0 Å². The minimum absolute atomic E-state index is 0.0313. The molecule has 1 heterocycles. The zero-order valence-electron chi connectivity index (χ0n) is 17.3. The molecule has 4 nitrogen and oxygen atoms in total. The summed E-state index contributed by atoms with van der Waals surface area (Å²) in [6.07, 6.45) is 9.46. The lowest BCUT2D eigenvalue weighted by atomic mass is 9.44. The van der Waals surface area contributed by atoms with Crippen LogP contribution < -0.4 is 0 Å². The Morgan fingerprint density at radius 2 is 1.63 bits per heavy atom. The highest BCUT2D eigenvalue weighted by molar-refractivity contribution is 5.84. The molecular formula is C23H36O4. The van der Waals surface area contributed by atoms with Crippen molar-refractivity contribution in [3.05, 3.63) is 0 Å². The van der Waals surface area contributed by atoms with Crippen molar-refractivity contribution in [2.45, 2.75) is 89.9 Å². The van der Waals surface area contributed by atoms with E-state index < -0.39 is 5.60 Å². The third-order valence-corrected chi connectivity index (χ3v) is 10.2. The minimum Gasteiger partial charge on any atom is -0.382 e. The van der Waals surface area contributed by atoms with Crippen LogP contribution in [0.2, 0.25) is 0 Å². The number of Topliss-reactive ketones (excluding diaryl/α,β-unsaturated/α-hetero) is 1. The van der Waals surface area contributed by atoms with Gasteiger partial charge in [-0.2, -0.15) is 0 Å². The summed E-state index contributed by atoms with van der Waals surface area (Å²) >= 11 is 0. The van der Waals surface area contributed by atoms with Crippen molar-refractivity contribution in [2.75, 3.05) is 13.2 Å². The maximum Gasteiger partial charge on any atom is 0.174 e. The Hall–Kier alpha value is -0.450. The summed E-state index contributed by atoms with van der Waals surface area (Å²) in [7, 11) is 0. The van der Waals surface area contributed by atoms with Gasteiger partial charge in [-0.3, -0.25) is 4.79 Å². The number of aliphatic hydroxyl groups is 1. The second-order valence-corrected chi connectivity index (χ2v) is 10.9. The van der Waals surface area contributed by atoms with Crippen molar-refractivity contribution >= 4 is 5.78 Å². The molecule has 1 aliphatic heterocycles. The lowest BCUT2D eigenvalue weighted by Crippen LogP contribution is -2.59. The van der Waals surface area contributed by atoms with E-state index in [1.807, 2.05) is 0 Å². The van der Waals surface area contributed by atoms with Crippen molar-refractivity contribution in [1.82, 2.24) is 0 Å². The lowest BCUT2D eigenvalue weighted by molar-refractivity contribution is -0.248. The number of rotatable bonds is 1. The molecule has 1 spiro atoms. The highest BCUT2D eigenvalue weighted by atomic mass is 16.7. The molecule has 0 radical (unpaired) electrons. The molecule has 0 bridgehead atoms. The van der Waals surface area contributed by atoms with Crippen molar-refractivity contribution in [1.29, 1.82) is 0 Å². The van der Waals surface area contributed by atoms with E-state index in [2.05, 4.69) is 13.8 Å². The van der Waals surface area contributed by atoms with Crippen molar-refractivity contribution in [3.63, 3.8) is 0 Å². The van der Waals surface area contributed by atoms with Gasteiger partial charge in [-0.05, 0) is 87.4 Å². The molecule has 0 unspecified atom stereocenters. The van der Waals surface area contributed by atoms with Crippen LogP contribution in [0, 0.1) is 34.5 Å². The standard InChI is InChI=1S/C23H36O4/c1-15(24)22(25)11-10-20(2)16(14-22)4-5-17-18(20)6-8-21(3)19(17)7-9-23(21)26-12-13-27-23/h16-19,25H,4-14H2,1-3H3/t16-,17-,18+,19-,20-,21-,22-/m0/s1. The molecule has 5 rings (SSSR count). The SMILES string of the molecule is CC(=O)[C@]1(O)CC[C@@]2(C)[C@@H](CC[C@H]3[C@H]2CC[C@@]2(C)[C@H]3CCC23OCCO3)C1. The Kier molecular flexibility index (Phi) is 3.99. The van der Waals surface area contributed by atoms with Crippen LogP contribution >= 0.6 is 0 Å². The van der Waals surface area contributed by atoms with Crippen LogP contribution in [0.15, 0.2) is 0 Å². The van der Waals surface area contributed by atoms with Gasteiger partial charge < -0.3 is 14.6 Å². The summed E-state index contributed by atoms with van der Waals surface area (Å²) < 4.78 is 12.5. The number of ether oxygens (including phenoxy) is 2. The lowest BCUT2D eigenvalue weighted by Gasteiger charge is -2.62. The van der Waals surface area contributed by atoms with Crippen LogP contribution in [0.4, 0.5) is 0 Å². The van der Waals surface area contributed by atoms with Gasteiger partial charge >= 0.3 is 0 Å². The molecular weight excluding hydrogens is 340 g/mol. The summed E-state index contributed by atoms with van der Waals surface area (Å²) in [5, 5.41) is 10.8. The smallest absolute Gasteiger partial charge is 0.174 e. The van der Waals surface area contributed by atoms with Gasteiger partial charge in [-0.1, -0.05) is 13.8 Å². The van der Waals surface area contributed by atoms with Gasteiger partial charge in [0, 0.05) is 11.8 Å². The molecule has 27 heavy (non-hydrogen) atoms. The molecule has 7 atom stereocenters.